The quantitative estimate of drug-likeness (QED) is 0.614. The van der Waals surface area contributed by atoms with E-state index in [2.05, 4.69) is 10.6 Å². The molecule has 0 heterocycles. The van der Waals surface area contributed by atoms with Crippen LogP contribution < -0.4 is 10.6 Å². The van der Waals surface area contributed by atoms with Crippen LogP contribution in [0.5, 0.6) is 0 Å². The Balaban J connectivity index is 1.36. The first kappa shape index (κ1) is 18.9. The van der Waals surface area contributed by atoms with Crippen molar-refractivity contribution in [1.82, 2.24) is 5.32 Å². The minimum absolute atomic E-state index is 0.0954. The summed E-state index contributed by atoms with van der Waals surface area (Å²) in [5.74, 6) is 0.169. The van der Waals surface area contributed by atoms with Gasteiger partial charge < -0.3 is 10.6 Å². The zero-order chi connectivity index (χ0) is 20.2. The second kappa shape index (κ2) is 8.31. The van der Waals surface area contributed by atoms with E-state index in [0.717, 1.165) is 35.2 Å². The van der Waals surface area contributed by atoms with Crippen LogP contribution in [0.25, 0.3) is 11.1 Å². The topological polar surface area (TPSA) is 58.2 Å². The molecule has 0 saturated heterocycles. The first-order valence-corrected chi connectivity index (χ1v) is 9.97. The molecule has 29 heavy (non-hydrogen) atoms. The summed E-state index contributed by atoms with van der Waals surface area (Å²) in [7, 11) is 0. The van der Waals surface area contributed by atoms with Crippen LogP contribution in [0.3, 0.4) is 0 Å². The van der Waals surface area contributed by atoms with Gasteiger partial charge in [-0.25, -0.2) is 0 Å². The lowest BCUT2D eigenvalue weighted by atomic mass is 10.0. The summed E-state index contributed by atoms with van der Waals surface area (Å²) in [5, 5.41) is 5.96. The molecule has 0 spiro atoms. The minimum atomic E-state index is -0.135. The minimum Gasteiger partial charge on any atom is -0.346 e. The zero-order valence-electron chi connectivity index (χ0n) is 16.4. The average molecular weight is 384 g/mol. The van der Waals surface area contributed by atoms with Gasteiger partial charge in [-0.2, -0.15) is 0 Å². The third-order valence-electron chi connectivity index (χ3n) is 5.23. The van der Waals surface area contributed by atoms with Gasteiger partial charge in [-0.15, -0.1) is 0 Å². The monoisotopic (exact) mass is 384 g/mol. The highest BCUT2D eigenvalue weighted by atomic mass is 16.2. The molecule has 0 radical (unpaired) electrons. The van der Waals surface area contributed by atoms with E-state index < -0.39 is 0 Å². The molecular weight excluding hydrogens is 360 g/mol. The molecule has 0 aromatic heterocycles. The van der Waals surface area contributed by atoms with Crippen LogP contribution in [0.2, 0.25) is 0 Å². The maximum atomic E-state index is 12.6. The van der Waals surface area contributed by atoms with Gasteiger partial charge in [0.15, 0.2) is 0 Å². The molecule has 1 fully saturated rings. The smallest absolute Gasteiger partial charge is 0.251 e. The van der Waals surface area contributed by atoms with Crippen molar-refractivity contribution in [3.05, 3.63) is 90.0 Å². The standard InChI is InChI=1S/C25H24N2O2/c1-17(18-13-15-23(16-14-18)27-25(29)22-11-12-22)26-24(28)21-9-7-20(8-10-21)19-5-3-2-4-6-19/h2-10,13-17,22H,11-12H2,1H3,(H,26,28)(H,27,29). The molecule has 4 heteroatoms. The predicted octanol–water partition coefficient (Wildman–Crippen LogP) is 5.19. The molecule has 0 aliphatic heterocycles. The van der Waals surface area contributed by atoms with Crippen molar-refractivity contribution in [2.45, 2.75) is 25.8 Å². The van der Waals surface area contributed by atoms with Gasteiger partial charge in [0.1, 0.15) is 0 Å². The Morgan fingerprint density at radius 3 is 2.07 bits per heavy atom. The van der Waals surface area contributed by atoms with Crippen LogP contribution in [0, 0.1) is 5.92 Å². The van der Waals surface area contributed by atoms with Crippen LogP contribution in [0.15, 0.2) is 78.9 Å². The number of carbonyl (C=O) groups excluding carboxylic acids is 2. The number of amides is 2. The van der Waals surface area contributed by atoms with Gasteiger partial charge in [-0.3, -0.25) is 9.59 Å². The van der Waals surface area contributed by atoms with Crippen molar-refractivity contribution in [1.29, 1.82) is 0 Å². The highest BCUT2D eigenvalue weighted by molar-refractivity contribution is 5.95. The normalized spacial score (nSPS) is 14.1. The number of nitrogens with one attached hydrogen (secondary N) is 2. The number of hydrogen-bond acceptors (Lipinski definition) is 2. The van der Waals surface area contributed by atoms with Crippen LogP contribution in [0.1, 0.15) is 41.7 Å². The fraction of sp³-hybridized carbons (Fsp3) is 0.200. The summed E-state index contributed by atoms with van der Waals surface area (Å²) >= 11 is 0. The molecule has 1 aliphatic rings. The third-order valence-corrected chi connectivity index (χ3v) is 5.23. The lowest BCUT2D eigenvalue weighted by molar-refractivity contribution is -0.117. The Morgan fingerprint density at radius 1 is 0.828 bits per heavy atom. The lowest BCUT2D eigenvalue weighted by Crippen LogP contribution is -2.26. The van der Waals surface area contributed by atoms with Crippen molar-refractivity contribution >= 4 is 17.5 Å². The van der Waals surface area contributed by atoms with E-state index in [1.807, 2.05) is 85.8 Å². The molecule has 146 valence electrons. The van der Waals surface area contributed by atoms with Gasteiger partial charge >= 0.3 is 0 Å². The third kappa shape index (κ3) is 4.72. The summed E-state index contributed by atoms with van der Waals surface area (Å²) in [6.45, 7) is 1.95. The van der Waals surface area contributed by atoms with E-state index in [9.17, 15) is 9.59 Å². The molecule has 4 nitrogen and oxygen atoms in total. The summed E-state index contributed by atoms with van der Waals surface area (Å²) in [5.41, 5.74) is 4.62. The Bertz CT molecular complexity index is 991. The van der Waals surface area contributed by atoms with Gasteiger partial charge in [-0.1, -0.05) is 54.6 Å². The second-order valence-electron chi connectivity index (χ2n) is 7.52. The predicted molar refractivity (Wildman–Crippen MR) is 116 cm³/mol. The first-order valence-electron chi connectivity index (χ1n) is 9.97. The largest absolute Gasteiger partial charge is 0.346 e. The SMILES string of the molecule is CC(NC(=O)c1ccc(-c2ccccc2)cc1)c1ccc(NC(=O)C2CC2)cc1. The maximum absolute atomic E-state index is 12.6. The summed E-state index contributed by atoms with van der Waals surface area (Å²) in [6, 6.07) is 25.2. The zero-order valence-corrected chi connectivity index (χ0v) is 16.4. The van der Waals surface area contributed by atoms with Crippen LogP contribution in [-0.4, -0.2) is 11.8 Å². The van der Waals surface area contributed by atoms with E-state index in [0.29, 0.717) is 5.56 Å². The van der Waals surface area contributed by atoms with Crippen molar-refractivity contribution < 1.29 is 9.59 Å². The molecule has 2 amide bonds. The molecule has 4 rings (SSSR count). The van der Waals surface area contributed by atoms with Gasteiger partial charge in [-0.05, 0) is 60.7 Å². The van der Waals surface area contributed by atoms with E-state index >= 15 is 0 Å². The van der Waals surface area contributed by atoms with Crippen molar-refractivity contribution in [3.63, 3.8) is 0 Å². The molecule has 3 aromatic rings. The number of anilines is 1. The van der Waals surface area contributed by atoms with E-state index in [4.69, 9.17) is 0 Å². The van der Waals surface area contributed by atoms with Crippen molar-refractivity contribution in [2.24, 2.45) is 5.92 Å². The summed E-state index contributed by atoms with van der Waals surface area (Å²) in [4.78, 5) is 24.4. The fourth-order valence-electron chi connectivity index (χ4n) is 3.25. The first-order chi connectivity index (χ1) is 14.1. The number of hydrogen-bond donors (Lipinski definition) is 2. The summed E-state index contributed by atoms with van der Waals surface area (Å²) in [6.07, 6.45) is 1.97. The molecule has 1 saturated carbocycles. The Morgan fingerprint density at radius 2 is 1.45 bits per heavy atom. The number of carbonyl (C=O) groups is 2. The molecule has 1 aliphatic carbocycles. The van der Waals surface area contributed by atoms with E-state index in [1.54, 1.807) is 0 Å². The van der Waals surface area contributed by atoms with E-state index in [-0.39, 0.29) is 23.8 Å². The van der Waals surface area contributed by atoms with Crippen LogP contribution in [0.4, 0.5) is 5.69 Å². The average Bonchev–Trinajstić information content (AvgIpc) is 3.60. The summed E-state index contributed by atoms with van der Waals surface area (Å²) < 4.78 is 0. The number of rotatable bonds is 6. The Hall–Kier alpha value is -3.40. The number of benzene rings is 3. The molecular formula is C25H24N2O2. The highest BCUT2D eigenvalue weighted by Crippen LogP contribution is 2.30. The fourth-order valence-corrected chi connectivity index (χ4v) is 3.25. The van der Waals surface area contributed by atoms with Crippen LogP contribution in [-0.2, 0) is 4.79 Å². The molecule has 1 atom stereocenters. The molecule has 3 aromatic carbocycles. The van der Waals surface area contributed by atoms with Gasteiger partial charge in [0.25, 0.3) is 5.91 Å². The van der Waals surface area contributed by atoms with Crippen molar-refractivity contribution in [3.8, 4) is 11.1 Å². The Kier molecular flexibility index (Phi) is 5.43. The van der Waals surface area contributed by atoms with E-state index in [1.165, 1.54) is 0 Å². The lowest BCUT2D eigenvalue weighted by Gasteiger charge is -2.15. The second-order valence-corrected chi connectivity index (χ2v) is 7.52. The maximum Gasteiger partial charge on any atom is 0.251 e. The van der Waals surface area contributed by atoms with Crippen LogP contribution >= 0.6 is 0 Å². The molecule has 2 N–H and O–H groups in total. The van der Waals surface area contributed by atoms with Gasteiger partial charge in [0.05, 0.1) is 6.04 Å². The molecule has 0 bridgehead atoms. The van der Waals surface area contributed by atoms with Crippen molar-refractivity contribution in [2.75, 3.05) is 5.32 Å². The Labute approximate surface area is 171 Å². The highest BCUT2D eigenvalue weighted by Gasteiger charge is 2.29. The van der Waals surface area contributed by atoms with Gasteiger partial charge in [0.2, 0.25) is 5.91 Å². The van der Waals surface area contributed by atoms with Gasteiger partial charge in [0, 0.05) is 17.2 Å². The molecule has 1 unspecified atom stereocenters.